The molecule has 0 saturated carbocycles. The molecule has 0 N–H and O–H groups in total. The van der Waals surface area contributed by atoms with Gasteiger partial charge in [0, 0.05) is 0 Å². The van der Waals surface area contributed by atoms with Crippen LogP contribution < -0.4 is 31.1 Å². The Labute approximate surface area is 406 Å². The van der Waals surface area contributed by atoms with Crippen molar-refractivity contribution in [2.24, 2.45) is 0 Å². The van der Waals surface area contributed by atoms with E-state index in [1.165, 1.54) is 64.5 Å². The zero-order valence-electron chi connectivity index (χ0n) is 42.7. The van der Waals surface area contributed by atoms with Gasteiger partial charge in [-0.25, -0.2) is 0 Å². The summed E-state index contributed by atoms with van der Waals surface area (Å²) < 4.78 is 6.78. The van der Waals surface area contributed by atoms with Crippen LogP contribution >= 0.6 is 0 Å². The molecule has 1 saturated heterocycles. The fourth-order valence-corrected chi connectivity index (χ4v) is 66.3. The molecule has 1 aliphatic heterocycles. The average molecular weight is 988 g/mol. The van der Waals surface area contributed by atoms with Crippen molar-refractivity contribution in [3.05, 3.63) is 179 Å². The third-order valence-electron chi connectivity index (χ3n) is 15.5. The van der Waals surface area contributed by atoms with Crippen LogP contribution in [0, 0.1) is 0 Å². The zero-order chi connectivity index (χ0) is 47.2. The molecule has 1 fully saturated rings. The van der Waals surface area contributed by atoms with Crippen LogP contribution in [0.1, 0.15) is 152 Å². The number of nitrogens with zero attached hydrogens (tertiary/aromatic N) is 2. The van der Waals surface area contributed by atoms with E-state index in [0.29, 0.717) is 35.5 Å². The molecule has 0 spiro atoms. The van der Waals surface area contributed by atoms with Crippen molar-refractivity contribution in [1.29, 1.82) is 0 Å². The Balaban J connectivity index is 1.62. The molecule has 0 aromatic heterocycles. The SMILES string of the molecule is CC(C)c1ccc([Si](c2ccc(C(C)C)cc2)(c2ccc(C(C)C)cc2)[N]2[Ge][N]([Si](c3ccc(C(C)C)cc3)(c3ccc(C(C)C)cc3)c3ccc(C(C)C)cc3)[Si](C)(C)[Si]2(C)C)cc1. The molecule has 340 valence electrons. The van der Waals surface area contributed by atoms with Crippen LogP contribution in [0.2, 0.25) is 26.2 Å². The number of hydrogen-bond donors (Lipinski definition) is 0. The second-order valence-corrected chi connectivity index (χ2v) is 50.6. The molecule has 1 aliphatic rings. The monoisotopic (exact) mass is 988 g/mol. The van der Waals surface area contributed by atoms with Gasteiger partial charge in [0.05, 0.1) is 0 Å². The van der Waals surface area contributed by atoms with Gasteiger partial charge in [-0.3, -0.25) is 0 Å². The second-order valence-electron chi connectivity index (χ2n) is 22.0. The van der Waals surface area contributed by atoms with Crippen LogP contribution in [-0.4, -0.2) is 54.2 Å². The topological polar surface area (TPSA) is 6.48 Å². The van der Waals surface area contributed by atoms with E-state index in [-0.39, 0.29) is 0 Å². The van der Waals surface area contributed by atoms with Crippen molar-refractivity contribution in [1.82, 2.24) is 6.38 Å². The minimum atomic E-state index is -2.92. The van der Waals surface area contributed by atoms with Crippen molar-refractivity contribution in [2.45, 2.75) is 145 Å². The van der Waals surface area contributed by atoms with Crippen LogP contribution in [0.25, 0.3) is 0 Å². The van der Waals surface area contributed by atoms with E-state index >= 15 is 0 Å². The third-order valence-corrected chi connectivity index (χ3v) is 63.1. The van der Waals surface area contributed by atoms with Gasteiger partial charge in [0.2, 0.25) is 0 Å². The molecule has 6 aromatic rings. The van der Waals surface area contributed by atoms with E-state index in [1.54, 1.807) is 0 Å². The fourth-order valence-electron chi connectivity index (χ4n) is 10.3. The molecule has 7 heteroatoms. The Morgan fingerprint density at radius 3 is 0.538 bits per heavy atom. The first kappa shape index (κ1) is 49.6. The summed E-state index contributed by atoms with van der Waals surface area (Å²) in [4.78, 5) is 0. The van der Waals surface area contributed by atoms with Crippen molar-refractivity contribution >= 4 is 79.0 Å². The number of hydrogen-bond acceptors (Lipinski definition) is 2. The predicted molar refractivity (Wildman–Crippen MR) is 297 cm³/mol. The normalized spacial score (nSPS) is 16.0. The van der Waals surface area contributed by atoms with E-state index in [1.807, 2.05) is 0 Å². The van der Waals surface area contributed by atoms with Gasteiger partial charge in [-0.15, -0.1) is 0 Å². The molecule has 0 bridgehead atoms. The van der Waals surface area contributed by atoms with Gasteiger partial charge in [-0.05, 0) is 0 Å². The van der Waals surface area contributed by atoms with Crippen LogP contribution in [0.3, 0.4) is 0 Å². The Morgan fingerprint density at radius 1 is 0.277 bits per heavy atom. The quantitative estimate of drug-likeness (QED) is 0.0793. The predicted octanol–water partition coefficient (Wildman–Crippen LogP) is 11.7. The molecule has 2 radical (unpaired) electrons. The molecule has 2 nitrogen and oxygen atoms in total. The summed E-state index contributed by atoms with van der Waals surface area (Å²) in [6, 6.07) is 60.6. The maximum atomic E-state index is 3.39. The van der Waals surface area contributed by atoms with E-state index in [9.17, 15) is 0 Å². The molecule has 0 aliphatic carbocycles. The van der Waals surface area contributed by atoms with E-state index in [2.05, 4.69) is 261 Å². The van der Waals surface area contributed by atoms with Crippen LogP contribution in [-0.2, 0) is 0 Å². The van der Waals surface area contributed by atoms with Crippen LogP contribution in [0.5, 0.6) is 0 Å². The summed E-state index contributed by atoms with van der Waals surface area (Å²) in [5, 5.41) is 9.19. The number of benzene rings is 6. The van der Waals surface area contributed by atoms with Crippen LogP contribution in [0.4, 0.5) is 0 Å². The Hall–Kier alpha value is -3.35. The molecule has 0 amide bonds. The van der Waals surface area contributed by atoms with Gasteiger partial charge >= 0.3 is 409 Å². The van der Waals surface area contributed by atoms with Gasteiger partial charge in [0.25, 0.3) is 0 Å². The van der Waals surface area contributed by atoms with Gasteiger partial charge in [0.15, 0.2) is 0 Å². The van der Waals surface area contributed by atoms with Crippen molar-refractivity contribution < 1.29 is 0 Å². The van der Waals surface area contributed by atoms with Gasteiger partial charge in [0.1, 0.15) is 0 Å². The summed E-state index contributed by atoms with van der Waals surface area (Å²) in [6.07, 6.45) is 0. The van der Waals surface area contributed by atoms with Crippen molar-refractivity contribution in [2.75, 3.05) is 0 Å². The van der Waals surface area contributed by atoms with Gasteiger partial charge in [-0.1, -0.05) is 0 Å². The fraction of sp³-hybridized carbons (Fsp3) is 0.379. The Bertz CT molecular complexity index is 2080. The average Bonchev–Trinajstić information content (AvgIpc) is 3.47. The molecule has 0 unspecified atom stereocenters. The summed E-state index contributed by atoms with van der Waals surface area (Å²) in [7, 11) is -10.4. The molecule has 1 heterocycles. The molecular formula is C58H78GeN2Si4. The summed E-state index contributed by atoms with van der Waals surface area (Å²) in [5.74, 6) is 2.84. The number of rotatable bonds is 14. The first-order chi connectivity index (χ1) is 30.7. The molecule has 7 rings (SSSR count). The van der Waals surface area contributed by atoms with E-state index in [0.717, 1.165) is 0 Å². The third kappa shape index (κ3) is 8.84. The molecule has 6 aromatic carbocycles. The zero-order valence-corrected chi connectivity index (χ0v) is 48.8. The van der Waals surface area contributed by atoms with E-state index in [4.69, 9.17) is 0 Å². The Morgan fingerprint density at radius 2 is 0.415 bits per heavy atom. The second kappa shape index (κ2) is 19.3. The van der Waals surface area contributed by atoms with Crippen molar-refractivity contribution in [3.63, 3.8) is 0 Å². The summed E-state index contributed by atoms with van der Waals surface area (Å²) in [5.41, 5.74) is 8.49. The van der Waals surface area contributed by atoms with Gasteiger partial charge < -0.3 is 0 Å². The molecule has 0 atom stereocenters. The first-order valence-corrected chi connectivity index (χ1v) is 37.3. The maximum absolute atomic E-state index is 3.39. The van der Waals surface area contributed by atoms with Gasteiger partial charge in [-0.2, -0.15) is 0 Å². The van der Waals surface area contributed by atoms with Crippen molar-refractivity contribution in [3.8, 4) is 0 Å². The first-order valence-electron chi connectivity index (χ1n) is 24.7. The minimum absolute atomic E-state index is 0.474. The van der Waals surface area contributed by atoms with Crippen LogP contribution in [0.15, 0.2) is 146 Å². The standard InChI is InChI=1S/C58H78GeN2Si4/c1-41(2)47-17-29-53(30-18-47)64(54-31-19-48(20-32-54)42(3)4,55-33-21-49(22-34-55)43(5)6)60-59-61(63(15,16)62(60,13)14)65(56-35-23-50(24-36-56)44(7)8,57-37-25-51(26-38-57)45(9)10)58-39-27-52(28-40-58)46(11)12/h17-46H,1-16H3. The van der Waals surface area contributed by atoms with E-state index < -0.39 is 47.9 Å². The summed E-state index contributed by atoms with van der Waals surface area (Å²) >= 11 is -0.939. The molecule has 65 heavy (non-hydrogen) atoms. The molecular weight excluding hydrogens is 910 g/mol. The Kier molecular flexibility index (Phi) is 14.7. The summed E-state index contributed by atoms with van der Waals surface area (Å²) in [6.45, 7) is 39.3.